The van der Waals surface area contributed by atoms with Gasteiger partial charge in [-0.15, -0.1) is 0 Å². The zero-order valence-electron chi connectivity index (χ0n) is 11.2. The Hall–Kier alpha value is -1.51. The van der Waals surface area contributed by atoms with Crippen molar-refractivity contribution in [1.82, 2.24) is 0 Å². The van der Waals surface area contributed by atoms with E-state index in [-0.39, 0.29) is 5.97 Å². The molecule has 0 bridgehead atoms. The van der Waals surface area contributed by atoms with Crippen molar-refractivity contribution < 1.29 is 14.3 Å². The first-order valence-corrected chi connectivity index (χ1v) is 5.86. The molecular formula is C14H20O3. The van der Waals surface area contributed by atoms with E-state index in [1.165, 1.54) is 5.56 Å². The number of aryl methyl sites for hydroxylation is 3. The predicted octanol–water partition coefficient (Wildman–Crippen LogP) is 2.94. The maximum atomic E-state index is 11.5. The van der Waals surface area contributed by atoms with Crippen LogP contribution in [-0.4, -0.2) is 18.7 Å². The minimum atomic E-state index is -0.574. The molecule has 3 heteroatoms. The Morgan fingerprint density at radius 3 is 2.24 bits per heavy atom. The lowest BCUT2D eigenvalue weighted by molar-refractivity contribution is -0.150. The number of carbonyl (C=O) groups is 1. The van der Waals surface area contributed by atoms with Crippen LogP contribution < -0.4 is 4.74 Å². The maximum Gasteiger partial charge on any atom is 0.347 e. The van der Waals surface area contributed by atoms with E-state index in [1.54, 1.807) is 13.8 Å². The highest BCUT2D eigenvalue weighted by Crippen LogP contribution is 2.25. The van der Waals surface area contributed by atoms with Crippen LogP contribution in [0.4, 0.5) is 0 Å². The number of hydrogen-bond donors (Lipinski definition) is 0. The fraction of sp³-hybridized carbons (Fsp3) is 0.500. The SMILES string of the molecule is CCOC(=O)[C@H](C)Oc1c(C)cc(C)cc1C. The van der Waals surface area contributed by atoms with Gasteiger partial charge in [0.25, 0.3) is 0 Å². The van der Waals surface area contributed by atoms with Crippen LogP contribution >= 0.6 is 0 Å². The molecule has 1 atom stereocenters. The van der Waals surface area contributed by atoms with E-state index in [0.717, 1.165) is 16.9 Å². The first-order chi connectivity index (χ1) is 7.95. The molecule has 0 aromatic heterocycles. The summed E-state index contributed by atoms with van der Waals surface area (Å²) in [7, 11) is 0. The van der Waals surface area contributed by atoms with Gasteiger partial charge in [-0.25, -0.2) is 4.79 Å². The molecule has 17 heavy (non-hydrogen) atoms. The molecule has 94 valence electrons. The van der Waals surface area contributed by atoms with Crippen LogP contribution in [-0.2, 0) is 9.53 Å². The Morgan fingerprint density at radius 1 is 1.24 bits per heavy atom. The summed E-state index contributed by atoms with van der Waals surface area (Å²) in [5.74, 6) is 0.447. The molecule has 0 saturated carbocycles. The van der Waals surface area contributed by atoms with Crippen molar-refractivity contribution in [1.29, 1.82) is 0 Å². The van der Waals surface area contributed by atoms with Crippen LogP contribution in [0.3, 0.4) is 0 Å². The minimum Gasteiger partial charge on any atom is -0.478 e. The smallest absolute Gasteiger partial charge is 0.347 e. The number of ether oxygens (including phenoxy) is 2. The molecule has 0 aliphatic carbocycles. The second kappa shape index (κ2) is 5.71. The monoisotopic (exact) mass is 236 g/mol. The van der Waals surface area contributed by atoms with Gasteiger partial charge in [-0.1, -0.05) is 17.7 Å². The lowest BCUT2D eigenvalue weighted by Crippen LogP contribution is -2.26. The van der Waals surface area contributed by atoms with Crippen molar-refractivity contribution in [3.63, 3.8) is 0 Å². The Kier molecular flexibility index (Phi) is 4.55. The van der Waals surface area contributed by atoms with Crippen molar-refractivity contribution in [3.8, 4) is 5.75 Å². The Morgan fingerprint density at radius 2 is 1.76 bits per heavy atom. The van der Waals surface area contributed by atoms with E-state index in [0.29, 0.717) is 6.61 Å². The third-order valence-electron chi connectivity index (χ3n) is 2.52. The predicted molar refractivity (Wildman–Crippen MR) is 67.4 cm³/mol. The van der Waals surface area contributed by atoms with Crippen LogP contribution in [0, 0.1) is 20.8 Å². The Labute approximate surface area is 103 Å². The van der Waals surface area contributed by atoms with E-state index >= 15 is 0 Å². The van der Waals surface area contributed by atoms with Gasteiger partial charge in [-0.3, -0.25) is 0 Å². The summed E-state index contributed by atoms with van der Waals surface area (Å²) in [6.45, 7) is 9.86. The number of carbonyl (C=O) groups excluding carboxylic acids is 1. The van der Waals surface area contributed by atoms with Gasteiger partial charge < -0.3 is 9.47 Å². The summed E-state index contributed by atoms with van der Waals surface area (Å²) < 4.78 is 10.6. The second-order valence-electron chi connectivity index (χ2n) is 4.24. The highest BCUT2D eigenvalue weighted by Gasteiger charge is 2.17. The molecule has 0 fully saturated rings. The maximum absolute atomic E-state index is 11.5. The zero-order chi connectivity index (χ0) is 13.0. The number of hydrogen-bond acceptors (Lipinski definition) is 3. The highest BCUT2D eigenvalue weighted by molar-refractivity contribution is 5.74. The first-order valence-electron chi connectivity index (χ1n) is 5.86. The van der Waals surface area contributed by atoms with Gasteiger partial charge in [-0.05, 0) is 45.7 Å². The Balaban J connectivity index is 2.85. The summed E-state index contributed by atoms with van der Waals surface area (Å²) in [6.07, 6.45) is -0.574. The molecule has 3 nitrogen and oxygen atoms in total. The lowest BCUT2D eigenvalue weighted by Gasteiger charge is -2.17. The molecule has 0 radical (unpaired) electrons. The molecule has 0 unspecified atom stereocenters. The van der Waals surface area contributed by atoms with Crippen LogP contribution in [0.25, 0.3) is 0 Å². The molecule has 1 rings (SSSR count). The van der Waals surface area contributed by atoms with Gasteiger partial charge in [-0.2, -0.15) is 0 Å². The number of benzene rings is 1. The van der Waals surface area contributed by atoms with Crippen LogP contribution in [0.15, 0.2) is 12.1 Å². The molecule has 0 spiro atoms. The van der Waals surface area contributed by atoms with Gasteiger partial charge in [0.05, 0.1) is 6.61 Å². The molecule has 0 saturated heterocycles. The average molecular weight is 236 g/mol. The summed E-state index contributed by atoms with van der Waals surface area (Å²) >= 11 is 0. The van der Waals surface area contributed by atoms with E-state index in [9.17, 15) is 4.79 Å². The summed E-state index contributed by atoms with van der Waals surface area (Å²) in [5.41, 5.74) is 3.27. The molecule has 0 amide bonds. The molecule has 1 aromatic rings. The van der Waals surface area contributed by atoms with Gasteiger partial charge in [0, 0.05) is 0 Å². The summed E-state index contributed by atoms with van der Waals surface area (Å²) in [4.78, 5) is 11.5. The average Bonchev–Trinajstić information content (AvgIpc) is 2.23. The van der Waals surface area contributed by atoms with E-state index < -0.39 is 6.10 Å². The van der Waals surface area contributed by atoms with Gasteiger partial charge in [0.15, 0.2) is 6.10 Å². The van der Waals surface area contributed by atoms with Crippen molar-refractivity contribution >= 4 is 5.97 Å². The largest absolute Gasteiger partial charge is 0.478 e. The molecule has 0 aliphatic heterocycles. The molecular weight excluding hydrogens is 216 g/mol. The fourth-order valence-corrected chi connectivity index (χ4v) is 1.84. The zero-order valence-corrected chi connectivity index (χ0v) is 11.2. The summed E-state index contributed by atoms with van der Waals surface area (Å²) in [5, 5.41) is 0. The Bertz CT molecular complexity index is 387. The highest BCUT2D eigenvalue weighted by atomic mass is 16.6. The number of esters is 1. The van der Waals surface area contributed by atoms with E-state index in [1.807, 2.05) is 32.9 Å². The molecule has 0 N–H and O–H groups in total. The van der Waals surface area contributed by atoms with E-state index in [4.69, 9.17) is 9.47 Å². The minimum absolute atomic E-state index is 0.327. The standard InChI is InChI=1S/C14H20O3/c1-6-16-14(15)12(5)17-13-10(3)7-9(2)8-11(13)4/h7-8,12H,6H2,1-5H3/t12-/m0/s1. The fourth-order valence-electron chi connectivity index (χ4n) is 1.84. The van der Waals surface area contributed by atoms with Crippen LogP contribution in [0.2, 0.25) is 0 Å². The third kappa shape index (κ3) is 3.48. The van der Waals surface area contributed by atoms with E-state index in [2.05, 4.69) is 0 Å². The lowest BCUT2D eigenvalue weighted by atomic mass is 10.1. The quantitative estimate of drug-likeness (QED) is 0.754. The van der Waals surface area contributed by atoms with Gasteiger partial charge >= 0.3 is 5.97 Å². The normalized spacial score (nSPS) is 12.1. The van der Waals surface area contributed by atoms with Crippen molar-refractivity contribution in [2.24, 2.45) is 0 Å². The van der Waals surface area contributed by atoms with Crippen molar-refractivity contribution in [3.05, 3.63) is 28.8 Å². The number of rotatable bonds is 4. The van der Waals surface area contributed by atoms with Crippen molar-refractivity contribution in [2.45, 2.75) is 40.7 Å². The van der Waals surface area contributed by atoms with Crippen molar-refractivity contribution in [2.75, 3.05) is 6.61 Å². The third-order valence-corrected chi connectivity index (χ3v) is 2.52. The molecule has 0 heterocycles. The topological polar surface area (TPSA) is 35.5 Å². The molecule has 0 aliphatic rings. The van der Waals surface area contributed by atoms with Crippen LogP contribution in [0.1, 0.15) is 30.5 Å². The first kappa shape index (κ1) is 13.6. The molecule has 1 aromatic carbocycles. The van der Waals surface area contributed by atoms with Crippen LogP contribution in [0.5, 0.6) is 5.75 Å². The summed E-state index contributed by atoms with van der Waals surface area (Å²) in [6, 6.07) is 4.08. The van der Waals surface area contributed by atoms with Gasteiger partial charge in [0.2, 0.25) is 0 Å². The van der Waals surface area contributed by atoms with Gasteiger partial charge in [0.1, 0.15) is 5.75 Å². The second-order valence-corrected chi connectivity index (χ2v) is 4.24.